The maximum absolute atomic E-state index is 14.7. The number of halogens is 2. The Hall–Kier alpha value is -3.62. The smallest absolute Gasteiger partial charge is 0.327 e. The molecular weight excluding hydrogens is 585 g/mol. The van der Waals surface area contributed by atoms with Crippen LogP contribution in [0.25, 0.3) is 0 Å². The van der Waals surface area contributed by atoms with Crippen molar-refractivity contribution in [2.45, 2.75) is 58.0 Å². The molecule has 5 rings (SSSR count). The molecule has 2 atom stereocenters. The molecule has 3 heterocycles. The topological polar surface area (TPSA) is 87.1 Å². The normalized spacial score (nSPS) is 22.3. The van der Waals surface area contributed by atoms with Gasteiger partial charge in [0.05, 0.1) is 12.2 Å². The van der Waals surface area contributed by atoms with Crippen LogP contribution >= 0.6 is 23.2 Å². The van der Waals surface area contributed by atoms with Crippen molar-refractivity contribution in [3.63, 3.8) is 0 Å². The molecule has 1 aromatic heterocycles. The van der Waals surface area contributed by atoms with Gasteiger partial charge in [-0.25, -0.2) is 4.79 Å². The molecule has 0 saturated carbocycles. The number of aromatic nitrogens is 1. The fraction of sp³-hybridized carbons (Fsp3) is 0.394. The van der Waals surface area contributed by atoms with Crippen LogP contribution in [0.4, 0.5) is 4.79 Å². The van der Waals surface area contributed by atoms with E-state index in [0.29, 0.717) is 46.9 Å². The molecule has 1 N–H and O–H groups in total. The molecule has 8 nitrogen and oxygen atoms in total. The van der Waals surface area contributed by atoms with Gasteiger partial charge in [-0.2, -0.15) is 0 Å². The minimum absolute atomic E-state index is 0.0590. The first-order valence-electron chi connectivity index (χ1n) is 14.4. The lowest BCUT2D eigenvalue weighted by Crippen LogP contribution is -2.61. The zero-order valence-corrected chi connectivity index (χ0v) is 26.9. The van der Waals surface area contributed by atoms with Gasteiger partial charge in [0.2, 0.25) is 5.91 Å². The summed E-state index contributed by atoms with van der Waals surface area (Å²) in [6, 6.07) is 16.6. The fourth-order valence-corrected chi connectivity index (χ4v) is 6.05. The van der Waals surface area contributed by atoms with Gasteiger partial charge in [0, 0.05) is 46.5 Å². The molecule has 2 aliphatic heterocycles. The fourth-order valence-electron chi connectivity index (χ4n) is 5.80. The third kappa shape index (κ3) is 5.47. The second-order valence-electron chi connectivity index (χ2n) is 12.2. The van der Waals surface area contributed by atoms with Crippen LogP contribution in [-0.4, -0.2) is 58.8 Å². The van der Waals surface area contributed by atoms with Gasteiger partial charge in [-0.1, -0.05) is 68.2 Å². The van der Waals surface area contributed by atoms with Crippen LogP contribution in [0, 0.1) is 0 Å². The van der Waals surface area contributed by atoms with Gasteiger partial charge >= 0.3 is 6.03 Å². The number of nitrogens with zero attached hydrogens (tertiary/aromatic N) is 4. The number of hydrogen-bond donors (Lipinski definition) is 1. The van der Waals surface area contributed by atoms with Crippen molar-refractivity contribution >= 4 is 41.0 Å². The van der Waals surface area contributed by atoms with Crippen molar-refractivity contribution in [2.24, 2.45) is 4.99 Å². The molecule has 0 unspecified atom stereocenters. The van der Waals surface area contributed by atoms with Gasteiger partial charge in [0.1, 0.15) is 29.2 Å². The average molecular weight is 623 g/mol. The number of amides is 3. The lowest BCUT2D eigenvalue weighted by molar-refractivity contribution is -0.123. The monoisotopic (exact) mass is 621 g/mol. The molecule has 2 aliphatic rings. The van der Waals surface area contributed by atoms with E-state index in [1.807, 2.05) is 75.4 Å². The Morgan fingerprint density at radius 3 is 2.19 bits per heavy atom. The van der Waals surface area contributed by atoms with E-state index < -0.39 is 11.1 Å². The molecule has 10 heteroatoms. The highest BCUT2D eigenvalue weighted by atomic mass is 35.5. The number of rotatable bonds is 5. The molecule has 3 aromatic rings. The quantitative estimate of drug-likeness (QED) is 0.351. The van der Waals surface area contributed by atoms with Crippen LogP contribution in [0.1, 0.15) is 63.9 Å². The first kappa shape index (κ1) is 30.8. The zero-order chi connectivity index (χ0) is 31.2. The van der Waals surface area contributed by atoms with Crippen LogP contribution in [0.15, 0.2) is 65.8 Å². The van der Waals surface area contributed by atoms with E-state index in [0.717, 1.165) is 16.8 Å². The number of pyridine rings is 1. The summed E-state index contributed by atoms with van der Waals surface area (Å²) < 4.78 is 6.18. The molecule has 1 fully saturated rings. The lowest BCUT2D eigenvalue weighted by atomic mass is 9.71. The van der Waals surface area contributed by atoms with Gasteiger partial charge in [0.15, 0.2) is 0 Å². The number of urea groups is 1. The van der Waals surface area contributed by atoms with Crippen LogP contribution in [0.3, 0.4) is 0 Å². The second-order valence-corrected chi connectivity index (χ2v) is 13.1. The molecule has 2 aromatic carbocycles. The highest BCUT2D eigenvalue weighted by Gasteiger charge is 2.60. The van der Waals surface area contributed by atoms with Crippen LogP contribution in [0.2, 0.25) is 10.0 Å². The molecule has 0 bridgehead atoms. The maximum Gasteiger partial charge on any atom is 0.327 e. The van der Waals surface area contributed by atoms with E-state index >= 15 is 0 Å². The number of nitrogens with one attached hydrogen (secondary N) is 1. The van der Waals surface area contributed by atoms with Crippen molar-refractivity contribution in [1.29, 1.82) is 0 Å². The van der Waals surface area contributed by atoms with Crippen molar-refractivity contribution in [2.75, 3.05) is 26.2 Å². The summed E-state index contributed by atoms with van der Waals surface area (Å²) >= 11 is 12.6. The summed E-state index contributed by atoms with van der Waals surface area (Å²) in [5, 5.41) is 3.98. The van der Waals surface area contributed by atoms with E-state index in [9.17, 15) is 9.59 Å². The highest BCUT2D eigenvalue weighted by Crippen LogP contribution is 2.54. The van der Waals surface area contributed by atoms with Crippen molar-refractivity contribution < 1.29 is 14.3 Å². The number of carbonyl (C=O) groups excluding carboxylic acids is 2. The van der Waals surface area contributed by atoms with E-state index in [4.69, 9.17) is 37.9 Å². The maximum atomic E-state index is 14.7. The Morgan fingerprint density at radius 1 is 1.02 bits per heavy atom. The minimum Gasteiger partial charge on any atom is -0.493 e. The molecule has 0 aliphatic carbocycles. The van der Waals surface area contributed by atoms with E-state index in [1.54, 1.807) is 16.0 Å². The predicted octanol–water partition coefficient (Wildman–Crippen LogP) is 6.53. The van der Waals surface area contributed by atoms with Gasteiger partial charge in [-0.05, 0) is 56.2 Å². The van der Waals surface area contributed by atoms with Gasteiger partial charge in [0.25, 0.3) is 0 Å². The first-order valence-corrected chi connectivity index (χ1v) is 15.2. The van der Waals surface area contributed by atoms with Gasteiger partial charge < -0.3 is 15.0 Å². The Morgan fingerprint density at radius 2 is 1.63 bits per heavy atom. The Kier molecular flexibility index (Phi) is 8.22. The van der Waals surface area contributed by atoms with Gasteiger partial charge in [-0.15, -0.1) is 0 Å². The SMILES string of the molecule is CCOc1cc(C(C)(C)C)ncc1C1=N[C@@](C)(c2ccc(Cl)cc2)[C@@](C)(c2ccc(Cl)cc2)N1C(=O)N1CCNC(=O)C1. The molecular formula is C33H37Cl2N5O3. The minimum atomic E-state index is -1.07. The Bertz CT molecular complexity index is 1570. The molecule has 3 amide bonds. The van der Waals surface area contributed by atoms with Crippen molar-refractivity contribution in [3.8, 4) is 5.75 Å². The Labute approximate surface area is 263 Å². The zero-order valence-electron chi connectivity index (χ0n) is 25.4. The van der Waals surface area contributed by atoms with E-state index in [1.165, 1.54) is 0 Å². The number of ether oxygens (including phenoxy) is 1. The lowest BCUT2D eigenvalue weighted by Gasteiger charge is -2.46. The summed E-state index contributed by atoms with van der Waals surface area (Å²) in [4.78, 5) is 40.7. The van der Waals surface area contributed by atoms with Gasteiger partial charge in [-0.3, -0.25) is 19.7 Å². The summed E-state index contributed by atoms with van der Waals surface area (Å²) in [6.45, 7) is 13.3. The highest BCUT2D eigenvalue weighted by molar-refractivity contribution is 6.30. The number of carbonyl (C=O) groups is 2. The standard InChI is InChI=1S/C33H37Cl2N5O3/c1-7-43-26-18-27(31(2,3)4)37-19-25(26)29-38-32(5,21-8-12-23(34)13-9-21)33(6,22-10-14-24(35)15-11-22)40(29)30(42)39-17-16-36-28(41)20-39/h8-15,18-19H,7,16-17,20H2,1-6H3,(H,36,41)/t32-,33+/m0/s1. The Balaban J connectivity index is 1.81. The molecule has 43 heavy (non-hydrogen) atoms. The number of benzene rings is 2. The molecule has 226 valence electrons. The third-order valence-electron chi connectivity index (χ3n) is 8.42. The van der Waals surface area contributed by atoms with Crippen LogP contribution in [0.5, 0.6) is 5.75 Å². The summed E-state index contributed by atoms with van der Waals surface area (Å²) in [7, 11) is 0. The van der Waals surface area contributed by atoms with Crippen molar-refractivity contribution in [3.05, 3.63) is 93.2 Å². The molecule has 0 spiro atoms. The summed E-state index contributed by atoms with van der Waals surface area (Å²) in [5.41, 5.74) is 0.815. The van der Waals surface area contributed by atoms with Crippen molar-refractivity contribution in [1.82, 2.24) is 20.1 Å². The summed E-state index contributed by atoms with van der Waals surface area (Å²) in [5.74, 6) is 0.772. The van der Waals surface area contributed by atoms with E-state index in [-0.39, 0.29) is 23.9 Å². The molecule has 0 radical (unpaired) electrons. The second kappa shape index (κ2) is 11.5. The largest absolute Gasteiger partial charge is 0.493 e. The number of aliphatic imine (C=N–C) groups is 1. The van der Waals surface area contributed by atoms with Crippen LogP contribution in [-0.2, 0) is 21.3 Å². The number of hydrogen-bond acceptors (Lipinski definition) is 5. The van der Waals surface area contributed by atoms with E-state index in [2.05, 4.69) is 26.1 Å². The first-order chi connectivity index (χ1) is 20.3. The predicted molar refractivity (Wildman–Crippen MR) is 170 cm³/mol. The summed E-state index contributed by atoms with van der Waals surface area (Å²) in [6.07, 6.45) is 1.74. The number of piperazine rings is 1. The average Bonchev–Trinajstić information content (AvgIpc) is 3.21. The third-order valence-corrected chi connectivity index (χ3v) is 8.93. The number of amidine groups is 1. The van der Waals surface area contributed by atoms with Crippen LogP contribution < -0.4 is 10.1 Å². The molecule has 1 saturated heterocycles.